The van der Waals surface area contributed by atoms with Crippen LogP contribution in [-0.2, 0) is 10.0 Å². The summed E-state index contributed by atoms with van der Waals surface area (Å²) < 4.78 is 46.8. The van der Waals surface area contributed by atoms with Gasteiger partial charge in [0, 0.05) is 28.6 Å². The van der Waals surface area contributed by atoms with Gasteiger partial charge < -0.3 is 19.1 Å². The average molecular weight is 549 g/mol. The minimum absolute atomic E-state index is 0.0502. The Kier molecular flexibility index (Phi) is 7.70. The second-order valence-corrected chi connectivity index (χ2v) is 10.9. The van der Waals surface area contributed by atoms with E-state index in [1.54, 1.807) is 12.1 Å². The highest BCUT2D eigenvalue weighted by Crippen LogP contribution is 2.46. The molecule has 0 aliphatic heterocycles. The molecule has 190 valence electrons. The molecule has 0 atom stereocenters. The standard InChI is InChI=1S/C26H26Cl2N2O5S/c1-29(2)12-13-35-26-20-14-18(27)15-21(28)25(20)30(24(26)17-8-6-5-7-9-17)36(31,32)23-11-10-19(33-3)16-22(23)34-4/h5-11,14-16H,12-13H2,1-4H3. The smallest absolute Gasteiger partial charge is 0.272 e. The van der Waals surface area contributed by atoms with Gasteiger partial charge in [-0.2, -0.15) is 0 Å². The highest BCUT2D eigenvalue weighted by molar-refractivity contribution is 7.90. The van der Waals surface area contributed by atoms with Crippen LogP contribution < -0.4 is 14.2 Å². The molecule has 7 nitrogen and oxygen atoms in total. The molecule has 10 heteroatoms. The van der Waals surface area contributed by atoms with Crippen LogP contribution in [0.3, 0.4) is 0 Å². The summed E-state index contributed by atoms with van der Waals surface area (Å²) in [5, 5.41) is 1.02. The predicted molar refractivity (Wildman–Crippen MR) is 144 cm³/mol. The van der Waals surface area contributed by atoms with E-state index in [-0.39, 0.29) is 21.2 Å². The third-order valence-corrected chi connectivity index (χ3v) is 7.86. The highest BCUT2D eigenvalue weighted by atomic mass is 35.5. The van der Waals surface area contributed by atoms with Crippen LogP contribution in [0.25, 0.3) is 22.2 Å². The van der Waals surface area contributed by atoms with E-state index in [1.165, 1.54) is 36.4 Å². The van der Waals surface area contributed by atoms with Crippen LogP contribution in [0.5, 0.6) is 17.2 Å². The molecule has 0 spiro atoms. The molecule has 0 amide bonds. The van der Waals surface area contributed by atoms with Crippen LogP contribution in [0.15, 0.2) is 65.6 Å². The summed E-state index contributed by atoms with van der Waals surface area (Å²) in [4.78, 5) is 1.92. The van der Waals surface area contributed by atoms with Crippen LogP contribution in [0.4, 0.5) is 0 Å². The van der Waals surface area contributed by atoms with Crippen LogP contribution in [0, 0.1) is 0 Å². The first kappa shape index (κ1) is 26.2. The number of halogens is 2. The molecule has 0 aliphatic rings. The van der Waals surface area contributed by atoms with Gasteiger partial charge in [-0.25, -0.2) is 12.4 Å². The molecule has 0 saturated carbocycles. The van der Waals surface area contributed by atoms with Crippen molar-refractivity contribution in [2.75, 3.05) is 41.5 Å². The lowest BCUT2D eigenvalue weighted by Crippen LogP contribution is -2.20. The van der Waals surface area contributed by atoms with E-state index in [2.05, 4.69) is 0 Å². The molecule has 0 radical (unpaired) electrons. The van der Waals surface area contributed by atoms with Gasteiger partial charge in [0.25, 0.3) is 10.0 Å². The van der Waals surface area contributed by atoms with Crippen molar-refractivity contribution in [1.29, 1.82) is 0 Å². The minimum Gasteiger partial charge on any atom is -0.497 e. The third-order valence-electron chi connectivity index (χ3n) is 5.62. The van der Waals surface area contributed by atoms with E-state index in [1.807, 2.05) is 49.3 Å². The van der Waals surface area contributed by atoms with E-state index in [0.29, 0.717) is 46.3 Å². The van der Waals surface area contributed by atoms with Crippen LogP contribution >= 0.6 is 23.2 Å². The molecular formula is C26H26Cl2N2O5S. The highest BCUT2D eigenvalue weighted by Gasteiger charge is 2.32. The first-order chi connectivity index (χ1) is 17.2. The minimum atomic E-state index is -4.25. The van der Waals surface area contributed by atoms with Crippen molar-refractivity contribution in [3.8, 4) is 28.5 Å². The van der Waals surface area contributed by atoms with E-state index in [4.69, 9.17) is 37.4 Å². The van der Waals surface area contributed by atoms with Crippen molar-refractivity contribution in [3.63, 3.8) is 0 Å². The van der Waals surface area contributed by atoms with Crippen LogP contribution in [-0.4, -0.2) is 58.8 Å². The molecule has 0 unspecified atom stereocenters. The summed E-state index contributed by atoms with van der Waals surface area (Å²) >= 11 is 13.0. The van der Waals surface area contributed by atoms with Crippen LogP contribution in [0.1, 0.15) is 0 Å². The van der Waals surface area contributed by atoms with Gasteiger partial charge in [-0.3, -0.25) is 0 Å². The normalized spacial score (nSPS) is 11.8. The first-order valence-electron chi connectivity index (χ1n) is 11.0. The first-order valence-corrected chi connectivity index (χ1v) is 13.2. The Morgan fingerprint density at radius 1 is 0.944 bits per heavy atom. The lowest BCUT2D eigenvalue weighted by molar-refractivity contribution is 0.264. The molecule has 0 saturated heterocycles. The fraction of sp³-hybridized carbons (Fsp3) is 0.231. The van der Waals surface area contributed by atoms with Gasteiger partial charge in [0.05, 0.1) is 24.8 Å². The zero-order chi connectivity index (χ0) is 26.0. The number of hydrogen-bond acceptors (Lipinski definition) is 6. The van der Waals surface area contributed by atoms with Gasteiger partial charge in [0.2, 0.25) is 0 Å². The molecular weight excluding hydrogens is 523 g/mol. The number of aromatic nitrogens is 1. The molecule has 4 rings (SSSR count). The molecule has 3 aromatic carbocycles. The van der Waals surface area contributed by atoms with E-state index in [9.17, 15) is 8.42 Å². The summed E-state index contributed by atoms with van der Waals surface area (Å²) in [6, 6.07) is 16.9. The SMILES string of the molecule is COc1ccc(S(=O)(=O)n2c(-c3ccccc3)c(OCCN(C)C)c3cc(Cl)cc(Cl)c32)c(OC)c1. The Hall–Kier alpha value is -2.91. The summed E-state index contributed by atoms with van der Waals surface area (Å²) in [7, 11) is 2.51. The lowest BCUT2D eigenvalue weighted by Gasteiger charge is -2.17. The molecule has 0 N–H and O–H groups in total. The molecule has 0 fully saturated rings. The van der Waals surface area contributed by atoms with Gasteiger partial charge in [0.15, 0.2) is 5.75 Å². The predicted octanol–water partition coefficient (Wildman–Crippen LogP) is 5.81. The molecule has 1 aromatic heterocycles. The molecule has 0 bridgehead atoms. The number of likely N-dealkylation sites (N-methyl/N-ethyl adjacent to an activating group) is 1. The number of fused-ring (bicyclic) bond motifs is 1. The van der Waals surface area contributed by atoms with Crippen LogP contribution in [0.2, 0.25) is 10.0 Å². The maximum Gasteiger partial charge on any atom is 0.272 e. The van der Waals surface area contributed by atoms with Gasteiger partial charge in [-0.15, -0.1) is 0 Å². The van der Waals surface area contributed by atoms with Crippen molar-refractivity contribution < 1.29 is 22.6 Å². The van der Waals surface area contributed by atoms with Crippen molar-refractivity contribution in [2.45, 2.75) is 4.90 Å². The fourth-order valence-electron chi connectivity index (χ4n) is 3.92. The Balaban J connectivity index is 2.11. The van der Waals surface area contributed by atoms with Gasteiger partial charge in [0.1, 0.15) is 28.7 Å². The number of hydrogen-bond donors (Lipinski definition) is 0. The second-order valence-electron chi connectivity index (χ2n) is 8.27. The van der Waals surface area contributed by atoms with Gasteiger partial charge in [-0.1, -0.05) is 53.5 Å². The Bertz CT molecular complexity index is 1500. The van der Waals surface area contributed by atoms with Gasteiger partial charge >= 0.3 is 0 Å². The summed E-state index contributed by atoms with van der Waals surface area (Å²) in [6.07, 6.45) is 0. The molecule has 0 aliphatic carbocycles. The maximum absolute atomic E-state index is 14.3. The maximum atomic E-state index is 14.3. The summed E-state index contributed by atoms with van der Waals surface area (Å²) in [5.74, 6) is 0.970. The van der Waals surface area contributed by atoms with E-state index < -0.39 is 10.0 Å². The van der Waals surface area contributed by atoms with Crippen molar-refractivity contribution >= 4 is 44.1 Å². The van der Waals surface area contributed by atoms with Crippen molar-refractivity contribution in [3.05, 3.63) is 70.7 Å². The Morgan fingerprint density at radius 3 is 2.31 bits per heavy atom. The molecule has 4 aromatic rings. The number of ether oxygens (including phenoxy) is 3. The Labute approximate surface area is 220 Å². The second kappa shape index (κ2) is 10.6. The zero-order valence-corrected chi connectivity index (χ0v) is 22.6. The van der Waals surface area contributed by atoms with Crippen molar-refractivity contribution in [1.82, 2.24) is 8.87 Å². The molecule has 36 heavy (non-hydrogen) atoms. The lowest BCUT2D eigenvalue weighted by atomic mass is 10.1. The monoisotopic (exact) mass is 548 g/mol. The Morgan fingerprint density at radius 2 is 1.67 bits per heavy atom. The number of rotatable bonds is 9. The largest absolute Gasteiger partial charge is 0.497 e. The molecule has 1 heterocycles. The fourth-order valence-corrected chi connectivity index (χ4v) is 6.25. The average Bonchev–Trinajstić information content (AvgIpc) is 3.19. The summed E-state index contributed by atoms with van der Waals surface area (Å²) in [5.41, 5.74) is 1.24. The van der Waals surface area contributed by atoms with E-state index >= 15 is 0 Å². The van der Waals surface area contributed by atoms with Crippen molar-refractivity contribution in [2.24, 2.45) is 0 Å². The third kappa shape index (κ3) is 4.86. The van der Waals surface area contributed by atoms with E-state index in [0.717, 1.165) is 0 Å². The number of nitrogens with zero attached hydrogens (tertiary/aromatic N) is 2. The van der Waals surface area contributed by atoms with Gasteiger partial charge in [-0.05, 0) is 38.4 Å². The topological polar surface area (TPSA) is 70.0 Å². The quantitative estimate of drug-likeness (QED) is 0.263. The number of methoxy groups -OCH3 is 2. The number of benzene rings is 3. The summed E-state index contributed by atoms with van der Waals surface area (Å²) in [6.45, 7) is 0.941. The zero-order valence-electron chi connectivity index (χ0n) is 20.3.